The lowest BCUT2D eigenvalue weighted by Gasteiger charge is -2.10. The fourth-order valence-corrected chi connectivity index (χ4v) is 2.49. The van der Waals surface area contributed by atoms with Crippen molar-refractivity contribution in [2.45, 2.75) is 13.2 Å². The van der Waals surface area contributed by atoms with Gasteiger partial charge in [-0.05, 0) is 6.07 Å². The molecule has 4 rings (SSSR count). The van der Waals surface area contributed by atoms with Crippen molar-refractivity contribution in [1.29, 1.82) is 0 Å². The van der Waals surface area contributed by atoms with Crippen molar-refractivity contribution in [3.8, 4) is 17.3 Å². The average Bonchev–Trinajstić information content (AvgIpc) is 3.01. The van der Waals surface area contributed by atoms with Crippen molar-refractivity contribution in [2.75, 3.05) is 0 Å². The summed E-state index contributed by atoms with van der Waals surface area (Å²) in [5, 5.41) is 8.54. The van der Waals surface area contributed by atoms with E-state index in [0.717, 1.165) is 28.7 Å². The van der Waals surface area contributed by atoms with E-state index in [4.69, 9.17) is 4.74 Å². The number of imidazole rings is 1. The monoisotopic (exact) mass is 267 g/mol. The SMILES string of the molecule is Cn1ccnc1-c1nnc2n1-c1ccccc1COC2. The normalized spacial score (nSPS) is 13.7. The van der Waals surface area contributed by atoms with E-state index in [-0.39, 0.29) is 0 Å². The zero-order valence-electron chi connectivity index (χ0n) is 11.0. The summed E-state index contributed by atoms with van der Waals surface area (Å²) >= 11 is 0. The number of fused-ring (bicyclic) bond motifs is 3. The molecule has 0 radical (unpaired) electrons. The van der Waals surface area contributed by atoms with Crippen molar-refractivity contribution < 1.29 is 4.74 Å². The number of aromatic nitrogens is 5. The zero-order valence-corrected chi connectivity index (χ0v) is 11.0. The van der Waals surface area contributed by atoms with Gasteiger partial charge in [0.25, 0.3) is 0 Å². The molecule has 2 aromatic heterocycles. The Hall–Kier alpha value is -2.47. The van der Waals surface area contributed by atoms with Crippen LogP contribution in [0.1, 0.15) is 11.4 Å². The fraction of sp³-hybridized carbons (Fsp3) is 0.214. The van der Waals surface area contributed by atoms with Crippen molar-refractivity contribution in [1.82, 2.24) is 24.3 Å². The Kier molecular flexibility index (Phi) is 2.43. The summed E-state index contributed by atoms with van der Waals surface area (Å²) < 4.78 is 9.63. The number of hydrogen-bond donors (Lipinski definition) is 0. The number of aryl methyl sites for hydroxylation is 1. The lowest BCUT2D eigenvalue weighted by molar-refractivity contribution is 0.105. The molecule has 0 bridgehead atoms. The van der Waals surface area contributed by atoms with Crippen LogP contribution in [0.3, 0.4) is 0 Å². The first-order valence-corrected chi connectivity index (χ1v) is 6.42. The van der Waals surface area contributed by atoms with Crippen LogP contribution in [0, 0.1) is 0 Å². The molecule has 0 unspecified atom stereocenters. The molecule has 3 heterocycles. The van der Waals surface area contributed by atoms with Gasteiger partial charge in [0.05, 0.1) is 12.3 Å². The van der Waals surface area contributed by atoms with Gasteiger partial charge in [-0.15, -0.1) is 10.2 Å². The van der Waals surface area contributed by atoms with Gasteiger partial charge in [-0.25, -0.2) is 4.98 Å². The largest absolute Gasteiger partial charge is 0.369 e. The number of hydrogen-bond acceptors (Lipinski definition) is 4. The van der Waals surface area contributed by atoms with Crippen molar-refractivity contribution >= 4 is 0 Å². The highest BCUT2D eigenvalue weighted by atomic mass is 16.5. The molecule has 6 heteroatoms. The molecule has 1 aromatic carbocycles. The predicted molar refractivity (Wildman–Crippen MR) is 72.1 cm³/mol. The molecule has 0 fully saturated rings. The van der Waals surface area contributed by atoms with Crippen molar-refractivity contribution in [3.63, 3.8) is 0 Å². The van der Waals surface area contributed by atoms with Crippen LogP contribution in [0.25, 0.3) is 17.3 Å². The average molecular weight is 267 g/mol. The van der Waals surface area contributed by atoms with E-state index in [1.165, 1.54) is 0 Å². The van der Waals surface area contributed by atoms with Gasteiger partial charge in [0.15, 0.2) is 11.6 Å². The second-order valence-electron chi connectivity index (χ2n) is 4.76. The molecule has 100 valence electrons. The summed E-state index contributed by atoms with van der Waals surface area (Å²) in [6.07, 6.45) is 3.66. The second kappa shape index (κ2) is 4.28. The molecule has 0 N–H and O–H groups in total. The highest BCUT2D eigenvalue weighted by molar-refractivity contribution is 5.53. The summed E-state index contributed by atoms with van der Waals surface area (Å²) in [4.78, 5) is 4.37. The van der Waals surface area contributed by atoms with Gasteiger partial charge in [-0.3, -0.25) is 4.57 Å². The first-order chi connectivity index (χ1) is 9.84. The van der Waals surface area contributed by atoms with Crippen LogP contribution in [0.4, 0.5) is 0 Å². The van der Waals surface area contributed by atoms with Crippen LogP contribution in [0.2, 0.25) is 0 Å². The molecule has 1 aliphatic heterocycles. The molecule has 0 atom stereocenters. The first-order valence-electron chi connectivity index (χ1n) is 6.42. The molecule has 0 aliphatic carbocycles. The number of ether oxygens (including phenoxy) is 1. The van der Waals surface area contributed by atoms with Crippen molar-refractivity contribution in [3.05, 3.63) is 48.0 Å². The molecule has 0 amide bonds. The molecular weight excluding hydrogens is 254 g/mol. The summed E-state index contributed by atoms with van der Waals surface area (Å²) in [5.74, 6) is 2.33. The number of nitrogens with zero attached hydrogens (tertiary/aromatic N) is 5. The zero-order chi connectivity index (χ0) is 13.5. The van der Waals surface area contributed by atoms with Crippen LogP contribution in [0.15, 0.2) is 36.7 Å². The summed E-state index contributed by atoms with van der Waals surface area (Å²) in [6, 6.07) is 8.14. The fourth-order valence-electron chi connectivity index (χ4n) is 2.49. The standard InChI is InChI=1S/C14H13N5O/c1-18-7-6-15-13(18)14-17-16-12-9-20-8-10-4-2-3-5-11(10)19(12)14/h2-7H,8-9H2,1H3. The minimum absolute atomic E-state index is 0.450. The van der Waals surface area contributed by atoms with Crippen molar-refractivity contribution in [2.24, 2.45) is 7.05 Å². The third-order valence-corrected chi connectivity index (χ3v) is 3.47. The van der Waals surface area contributed by atoms with Gasteiger partial charge in [0.1, 0.15) is 6.61 Å². The first kappa shape index (κ1) is 11.4. The van der Waals surface area contributed by atoms with E-state index in [2.05, 4.69) is 27.3 Å². The topological polar surface area (TPSA) is 57.8 Å². The number of benzene rings is 1. The van der Waals surface area contributed by atoms with E-state index in [1.807, 2.05) is 34.5 Å². The molecule has 1 aliphatic rings. The van der Waals surface area contributed by atoms with Crippen LogP contribution in [-0.4, -0.2) is 24.3 Å². The molecule has 6 nitrogen and oxygen atoms in total. The third kappa shape index (κ3) is 1.58. The van der Waals surface area contributed by atoms with Crippen LogP contribution >= 0.6 is 0 Å². The van der Waals surface area contributed by atoms with Gasteiger partial charge in [-0.2, -0.15) is 0 Å². The highest BCUT2D eigenvalue weighted by Crippen LogP contribution is 2.27. The van der Waals surface area contributed by atoms with E-state index in [9.17, 15) is 0 Å². The Morgan fingerprint density at radius 1 is 1.10 bits per heavy atom. The summed E-state index contributed by atoms with van der Waals surface area (Å²) in [7, 11) is 1.95. The van der Waals surface area contributed by atoms with Gasteiger partial charge in [-0.1, -0.05) is 18.2 Å². The molecule has 0 spiro atoms. The van der Waals surface area contributed by atoms with Crippen LogP contribution < -0.4 is 0 Å². The molecule has 0 saturated heterocycles. The van der Waals surface area contributed by atoms with Gasteiger partial charge < -0.3 is 9.30 Å². The Bertz CT molecular complexity index is 773. The van der Waals surface area contributed by atoms with Crippen LogP contribution in [0.5, 0.6) is 0 Å². The van der Waals surface area contributed by atoms with E-state index >= 15 is 0 Å². The Balaban J connectivity index is 2.00. The number of rotatable bonds is 1. The number of para-hydroxylation sites is 1. The quantitative estimate of drug-likeness (QED) is 0.673. The predicted octanol–water partition coefficient (Wildman–Crippen LogP) is 1.70. The lowest BCUT2D eigenvalue weighted by Crippen LogP contribution is -2.05. The summed E-state index contributed by atoms with van der Waals surface area (Å²) in [6.45, 7) is 1.03. The van der Waals surface area contributed by atoms with Gasteiger partial charge in [0, 0.05) is 25.0 Å². The Morgan fingerprint density at radius 2 is 2.00 bits per heavy atom. The third-order valence-electron chi connectivity index (χ3n) is 3.47. The minimum atomic E-state index is 0.450. The highest BCUT2D eigenvalue weighted by Gasteiger charge is 2.22. The van der Waals surface area contributed by atoms with Gasteiger partial charge >= 0.3 is 0 Å². The maximum atomic E-state index is 5.66. The van der Waals surface area contributed by atoms with E-state index < -0.39 is 0 Å². The summed E-state index contributed by atoms with van der Waals surface area (Å²) in [5.41, 5.74) is 2.18. The Labute approximate surface area is 115 Å². The maximum Gasteiger partial charge on any atom is 0.204 e. The lowest BCUT2D eigenvalue weighted by atomic mass is 10.2. The van der Waals surface area contributed by atoms with E-state index in [1.54, 1.807) is 6.20 Å². The minimum Gasteiger partial charge on any atom is -0.369 e. The van der Waals surface area contributed by atoms with E-state index in [0.29, 0.717) is 13.2 Å². The molecule has 0 saturated carbocycles. The smallest absolute Gasteiger partial charge is 0.204 e. The maximum absolute atomic E-state index is 5.66. The van der Waals surface area contributed by atoms with Gasteiger partial charge in [0.2, 0.25) is 5.82 Å². The molecule has 3 aromatic rings. The molecular formula is C14H13N5O. The Morgan fingerprint density at radius 3 is 2.85 bits per heavy atom. The van der Waals surface area contributed by atoms with Crippen LogP contribution in [-0.2, 0) is 25.0 Å². The second-order valence-corrected chi connectivity index (χ2v) is 4.76. The molecule has 20 heavy (non-hydrogen) atoms.